The molecule has 2 aromatic carbocycles. The SMILES string of the molecule is CC(C)(C)c1nc(-c2cccc(NS(=O)(=O)c3cc(F)ccc3F)c2F)c(-c2ccnc(CCCN3CCCC3=O)n2)s1. The highest BCUT2D eigenvalue weighted by molar-refractivity contribution is 7.92. The molecule has 1 saturated heterocycles. The fourth-order valence-corrected chi connectivity index (χ4v) is 6.94. The summed E-state index contributed by atoms with van der Waals surface area (Å²) in [5.41, 5.74) is -0.0396. The van der Waals surface area contributed by atoms with E-state index in [1.165, 1.54) is 29.5 Å². The fraction of sp³-hybridized carbons (Fsp3) is 0.333. The van der Waals surface area contributed by atoms with Crippen molar-refractivity contribution in [1.29, 1.82) is 0 Å². The van der Waals surface area contributed by atoms with E-state index in [0.717, 1.165) is 19.0 Å². The molecule has 0 aliphatic carbocycles. The van der Waals surface area contributed by atoms with Crippen molar-refractivity contribution in [3.63, 3.8) is 0 Å². The minimum absolute atomic E-state index is 0.00868. The quantitative estimate of drug-likeness (QED) is 0.232. The molecular weight excluding hydrogens is 599 g/mol. The molecule has 0 saturated carbocycles. The highest BCUT2D eigenvalue weighted by Gasteiger charge is 2.28. The maximum absolute atomic E-state index is 16.0. The van der Waals surface area contributed by atoms with Crippen molar-refractivity contribution >= 4 is 33.0 Å². The predicted octanol–water partition coefficient (Wildman–Crippen LogP) is 6.34. The first-order valence-electron chi connectivity index (χ1n) is 13.7. The molecule has 8 nitrogen and oxygen atoms in total. The Kier molecular flexibility index (Phi) is 8.57. The number of anilines is 1. The van der Waals surface area contributed by atoms with Gasteiger partial charge in [0, 0.05) is 43.1 Å². The first kappa shape index (κ1) is 30.6. The summed E-state index contributed by atoms with van der Waals surface area (Å²) in [7, 11) is -4.66. The molecule has 1 aliphatic heterocycles. The van der Waals surface area contributed by atoms with Crippen molar-refractivity contribution in [2.45, 2.75) is 56.8 Å². The van der Waals surface area contributed by atoms with Crippen LogP contribution in [0.25, 0.3) is 21.8 Å². The largest absolute Gasteiger partial charge is 0.343 e. The minimum atomic E-state index is -4.66. The molecule has 3 heterocycles. The molecule has 0 bridgehead atoms. The number of carbonyl (C=O) groups excluding carboxylic acids is 1. The van der Waals surface area contributed by atoms with Gasteiger partial charge in [-0.2, -0.15) is 0 Å². The van der Waals surface area contributed by atoms with Crippen molar-refractivity contribution in [1.82, 2.24) is 19.9 Å². The topological polar surface area (TPSA) is 105 Å². The van der Waals surface area contributed by atoms with Gasteiger partial charge in [-0.1, -0.05) is 26.8 Å². The summed E-state index contributed by atoms with van der Waals surface area (Å²) in [6.45, 7) is 7.30. The molecule has 1 amide bonds. The van der Waals surface area contributed by atoms with Gasteiger partial charge >= 0.3 is 0 Å². The standard InChI is InChI=1S/C30H30F3N5O3S2/c1-30(2,3)29-36-27(28(42-29)22-13-14-34-24(35-22)9-5-15-38-16-6-10-25(38)39)19-7-4-8-21(26(19)33)37-43(40,41)23-17-18(31)11-12-20(23)32/h4,7-8,11-14,17,37H,5-6,9-10,15-16H2,1-3H3. The molecule has 1 N–H and O–H groups in total. The normalized spacial score (nSPS) is 14.0. The van der Waals surface area contributed by atoms with Crippen LogP contribution in [0.2, 0.25) is 0 Å². The zero-order valence-electron chi connectivity index (χ0n) is 23.8. The molecule has 4 aromatic rings. The second-order valence-electron chi connectivity index (χ2n) is 11.2. The van der Waals surface area contributed by atoms with Crippen LogP contribution in [0.5, 0.6) is 0 Å². The first-order chi connectivity index (χ1) is 20.3. The van der Waals surface area contributed by atoms with Gasteiger partial charge in [0.25, 0.3) is 10.0 Å². The van der Waals surface area contributed by atoms with Crippen molar-refractivity contribution < 1.29 is 26.4 Å². The first-order valence-corrected chi connectivity index (χ1v) is 16.0. The van der Waals surface area contributed by atoms with Gasteiger partial charge in [0.2, 0.25) is 5.91 Å². The monoisotopic (exact) mass is 629 g/mol. The lowest BCUT2D eigenvalue weighted by molar-refractivity contribution is -0.127. The van der Waals surface area contributed by atoms with Gasteiger partial charge in [0.05, 0.1) is 27.0 Å². The highest BCUT2D eigenvalue weighted by Crippen LogP contribution is 2.42. The van der Waals surface area contributed by atoms with Crippen molar-refractivity contribution in [2.75, 3.05) is 17.8 Å². The lowest BCUT2D eigenvalue weighted by Crippen LogP contribution is -2.26. The van der Waals surface area contributed by atoms with Crippen LogP contribution in [0, 0.1) is 17.5 Å². The lowest BCUT2D eigenvalue weighted by Gasteiger charge is -2.14. The number of halogens is 3. The smallest absolute Gasteiger partial charge is 0.265 e. The Morgan fingerprint density at radius 1 is 1.07 bits per heavy atom. The number of nitrogens with zero attached hydrogens (tertiary/aromatic N) is 4. The van der Waals surface area contributed by atoms with E-state index in [9.17, 15) is 22.0 Å². The van der Waals surface area contributed by atoms with Gasteiger partial charge in [0.15, 0.2) is 5.82 Å². The maximum atomic E-state index is 16.0. The molecule has 43 heavy (non-hydrogen) atoms. The van der Waals surface area contributed by atoms with Gasteiger partial charge in [-0.3, -0.25) is 9.52 Å². The molecule has 226 valence electrons. The summed E-state index contributed by atoms with van der Waals surface area (Å²) < 4.78 is 71.8. The third-order valence-electron chi connectivity index (χ3n) is 6.89. The number of thiazole rings is 1. The molecule has 1 fully saturated rings. The van der Waals surface area contributed by atoms with Crippen LogP contribution in [-0.2, 0) is 26.7 Å². The van der Waals surface area contributed by atoms with Crippen LogP contribution in [0.1, 0.15) is 50.9 Å². The van der Waals surface area contributed by atoms with Crippen LogP contribution < -0.4 is 4.72 Å². The third kappa shape index (κ3) is 6.72. The van der Waals surface area contributed by atoms with E-state index in [0.29, 0.717) is 59.3 Å². The fourth-order valence-electron chi connectivity index (χ4n) is 4.69. The zero-order chi connectivity index (χ0) is 30.9. The number of amides is 1. The number of hydrogen-bond donors (Lipinski definition) is 1. The summed E-state index contributed by atoms with van der Waals surface area (Å²) in [6.07, 6.45) is 4.31. The number of carbonyl (C=O) groups is 1. The summed E-state index contributed by atoms with van der Waals surface area (Å²) >= 11 is 1.34. The second kappa shape index (κ2) is 12.0. The summed E-state index contributed by atoms with van der Waals surface area (Å²) in [5.74, 6) is -2.33. The van der Waals surface area contributed by atoms with Gasteiger partial charge in [-0.05, 0) is 49.2 Å². The Morgan fingerprint density at radius 3 is 2.58 bits per heavy atom. The number of aryl methyl sites for hydroxylation is 1. The predicted molar refractivity (Wildman–Crippen MR) is 159 cm³/mol. The van der Waals surface area contributed by atoms with Crippen LogP contribution in [0.15, 0.2) is 53.6 Å². The molecule has 2 aromatic heterocycles. The van der Waals surface area contributed by atoms with Gasteiger partial charge < -0.3 is 4.90 Å². The van der Waals surface area contributed by atoms with E-state index >= 15 is 4.39 Å². The Hall–Kier alpha value is -3.84. The van der Waals surface area contributed by atoms with Crippen molar-refractivity contribution in [3.8, 4) is 21.8 Å². The van der Waals surface area contributed by atoms with Gasteiger partial charge in [0.1, 0.15) is 22.4 Å². The third-order valence-corrected chi connectivity index (χ3v) is 9.77. The van der Waals surface area contributed by atoms with E-state index in [4.69, 9.17) is 9.97 Å². The van der Waals surface area contributed by atoms with Crippen LogP contribution >= 0.6 is 11.3 Å². The summed E-state index contributed by atoms with van der Waals surface area (Å²) in [6, 6.07) is 7.82. The molecule has 0 radical (unpaired) electrons. The van der Waals surface area contributed by atoms with Crippen LogP contribution in [0.3, 0.4) is 0 Å². The Bertz CT molecular complexity index is 1790. The van der Waals surface area contributed by atoms with E-state index < -0.39 is 38.1 Å². The lowest BCUT2D eigenvalue weighted by atomic mass is 9.98. The molecule has 1 aliphatic rings. The average Bonchev–Trinajstić information content (AvgIpc) is 3.58. The number of aromatic nitrogens is 3. The molecule has 0 unspecified atom stereocenters. The van der Waals surface area contributed by atoms with Crippen LogP contribution in [0.4, 0.5) is 18.9 Å². The second-order valence-corrected chi connectivity index (χ2v) is 13.9. The Morgan fingerprint density at radius 2 is 1.86 bits per heavy atom. The maximum Gasteiger partial charge on any atom is 0.265 e. The molecule has 13 heteroatoms. The van der Waals surface area contributed by atoms with Gasteiger partial charge in [-0.15, -0.1) is 11.3 Å². The number of likely N-dealkylation sites (tertiary alicyclic amines) is 1. The number of nitrogens with one attached hydrogen (secondary N) is 1. The minimum Gasteiger partial charge on any atom is -0.343 e. The number of rotatable bonds is 9. The van der Waals surface area contributed by atoms with Crippen LogP contribution in [-0.4, -0.2) is 47.3 Å². The number of sulfonamides is 1. The molecular formula is C30H30F3N5O3S2. The van der Waals surface area contributed by atoms with Crippen molar-refractivity contribution in [3.05, 3.63) is 76.9 Å². The Labute approximate surface area is 252 Å². The number of hydrogen-bond acceptors (Lipinski definition) is 7. The average molecular weight is 630 g/mol. The van der Waals surface area contributed by atoms with Crippen molar-refractivity contribution in [2.24, 2.45) is 0 Å². The van der Waals surface area contributed by atoms with E-state index in [1.54, 1.807) is 12.3 Å². The van der Waals surface area contributed by atoms with E-state index in [-0.39, 0.29) is 22.6 Å². The highest BCUT2D eigenvalue weighted by atomic mass is 32.2. The molecule has 0 spiro atoms. The van der Waals surface area contributed by atoms with Gasteiger partial charge in [-0.25, -0.2) is 36.5 Å². The Balaban J connectivity index is 1.49. The zero-order valence-corrected chi connectivity index (χ0v) is 25.5. The molecule has 0 atom stereocenters. The van der Waals surface area contributed by atoms with E-state index in [1.807, 2.05) is 30.4 Å². The molecule has 5 rings (SSSR count). The number of benzene rings is 2. The summed E-state index contributed by atoms with van der Waals surface area (Å²) in [5, 5.41) is 0.706. The summed E-state index contributed by atoms with van der Waals surface area (Å²) in [4.78, 5) is 27.3. The van der Waals surface area contributed by atoms with E-state index in [2.05, 4.69) is 4.98 Å².